The quantitative estimate of drug-likeness (QED) is 0.266. The molecule has 5 rings (SSSR count). The van der Waals surface area contributed by atoms with Crippen LogP contribution < -0.4 is 11.0 Å². The normalized spacial score (nSPS) is 11.7. The van der Waals surface area contributed by atoms with Crippen LogP contribution in [0.3, 0.4) is 0 Å². The molecule has 0 radical (unpaired) electrons. The minimum absolute atomic E-state index is 0.0204. The predicted octanol–water partition coefficient (Wildman–Crippen LogP) is 4.19. The van der Waals surface area contributed by atoms with Crippen LogP contribution in [0.25, 0.3) is 38.8 Å². The monoisotopic (exact) mass is 585 g/mol. The molecule has 0 aliphatic carbocycles. The molecule has 0 aliphatic heterocycles. The summed E-state index contributed by atoms with van der Waals surface area (Å²) in [5.41, 5.74) is 5.58. The van der Waals surface area contributed by atoms with Crippen molar-refractivity contribution in [3.8, 4) is 16.8 Å². The first kappa shape index (κ1) is 29.5. The molecule has 5 aromatic rings. The van der Waals surface area contributed by atoms with E-state index in [4.69, 9.17) is 9.47 Å². The van der Waals surface area contributed by atoms with E-state index in [-0.39, 0.29) is 24.7 Å². The molecular formula is C31H35N7O5. The molecule has 4 aromatic heterocycles. The number of ether oxygens (including phenoxy) is 2. The summed E-state index contributed by atoms with van der Waals surface area (Å²) >= 11 is 0. The van der Waals surface area contributed by atoms with Crippen molar-refractivity contribution in [2.45, 2.75) is 53.2 Å². The molecule has 224 valence electrons. The molecule has 0 fully saturated rings. The van der Waals surface area contributed by atoms with Crippen LogP contribution in [-0.4, -0.2) is 53.0 Å². The van der Waals surface area contributed by atoms with Crippen LogP contribution >= 0.6 is 0 Å². The number of carbonyl (C=O) groups excluding carboxylic acids is 2. The number of aryl methyl sites for hydroxylation is 3. The molecule has 0 atom stereocenters. The minimum atomic E-state index is -0.575. The van der Waals surface area contributed by atoms with E-state index in [9.17, 15) is 14.4 Å². The van der Waals surface area contributed by atoms with Crippen LogP contribution in [0.2, 0.25) is 0 Å². The van der Waals surface area contributed by atoms with Gasteiger partial charge in [-0.05, 0) is 51.5 Å². The number of aromatic nitrogens is 6. The van der Waals surface area contributed by atoms with Gasteiger partial charge in [-0.15, -0.1) is 0 Å². The summed E-state index contributed by atoms with van der Waals surface area (Å²) in [6, 6.07) is 7.73. The molecule has 0 saturated heterocycles. The third-order valence-electron chi connectivity index (χ3n) is 6.89. The molecule has 0 amide bonds. The van der Waals surface area contributed by atoms with Crippen LogP contribution in [0.1, 0.15) is 45.5 Å². The molecule has 1 N–H and O–H groups in total. The molecule has 0 aliphatic rings. The first-order valence-electron chi connectivity index (χ1n) is 13.9. The number of hydrogen-bond acceptors (Lipinski definition) is 9. The van der Waals surface area contributed by atoms with E-state index >= 15 is 0 Å². The van der Waals surface area contributed by atoms with Crippen molar-refractivity contribution < 1.29 is 19.1 Å². The maximum absolute atomic E-state index is 13.4. The number of fused-ring (bicyclic) bond motifs is 3. The van der Waals surface area contributed by atoms with Gasteiger partial charge in [-0.3, -0.25) is 33.4 Å². The van der Waals surface area contributed by atoms with E-state index in [0.29, 0.717) is 29.1 Å². The van der Waals surface area contributed by atoms with E-state index in [2.05, 4.69) is 20.4 Å². The molecule has 0 bridgehead atoms. The summed E-state index contributed by atoms with van der Waals surface area (Å²) < 4.78 is 15.6. The Bertz CT molecular complexity index is 1930. The van der Waals surface area contributed by atoms with Gasteiger partial charge in [-0.25, -0.2) is 4.79 Å². The number of imidazole rings is 1. The molecular weight excluding hydrogens is 550 g/mol. The lowest BCUT2D eigenvalue weighted by Crippen LogP contribution is -2.25. The molecule has 43 heavy (non-hydrogen) atoms. The largest absolute Gasteiger partial charge is 0.460 e. The number of nitrogens with one attached hydrogen (secondary N) is 1. The Hall–Kier alpha value is -5.00. The third kappa shape index (κ3) is 6.13. The Morgan fingerprint density at radius 2 is 1.81 bits per heavy atom. The second kappa shape index (κ2) is 11.3. The second-order valence-electron chi connectivity index (χ2n) is 11.4. The van der Waals surface area contributed by atoms with E-state index in [1.807, 2.05) is 65.2 Å². The van der Waals surface area contributed by atoms with Gasteiger partial charge in [0.05, 0.1) is 46.2 Å². The topological polar surface area (TPSA) is 135 Å². The Morgan fingerprint density at radius 1 is 1.05 bits per heavy atom. The summed E-state index contributed by atoms with van der Waals surface area (Å²) in [6.45, 7) is 8.96. The lowest BCUT2D eigenvalue weighted by atomic mass is 10.0. The average molecular weight is 586 g/mol. The number of rotatable bonds is 8. The van der Waals surface area contributed by atoms with Gasteiger partial charge in [0.25, 0.3) is 0 Å². The first-order valence-corrected chi connectivity index (χ1v) is 13.9. The van der Waals surface area contributed by atoms with Crippen molar-refractivity contribution in [2.75, 3.05) is 11.9 Å². The van der Waals surface area contributed by atoms with Gasteiger partial charge in [-0.1, -0.05) is 6.07 Å². The highest BCUT2D eigenvalue weighted by atomic mass is 16.6. The standard InChI is InChI=1S/C31H35N7O5/c1-18-27(16-36(6)35-18)38-29-22-12-20(8-9-23(22)34-15-26(29)37(7)30(38)41)21-13-24(25(33-14-21)17-42-19(2)39)32-11-10-28(40)43-31(3,4)5/h8-9,12-16,32H,10-11,17H2,1-7H3. The molecule has 12 nitrogen and oxygen atoms in total. The lowest BCUT2D eigenvalue weighted by molar-refractivity contribution is -0.154. The van der Waals surface area contributed by atoms with Crippen molar-refractivity contribution in [1.82, 2.24) is 28.9 Å². The molecule has 0 saturated carbocycles. The average Bonchev–Trinajstić information content (AvgIpc) is 3.40. The number of hydrogen-bond donors (Lipinski definition) is 1. The molecule has 4 heterocycles. The van der Waals surface area contributed by atoms with Gasteiger partial charge in [0.2, 0.25) is 0 Å². The van der Waals surface area contributed by atoms with Crippen molar-refractivity contribution in [3.63, 3.8) is 0 Å². The van der Waals surface area contributed by atoms with Gasteiger partial charge in [0, 0.05) is 50.9 Å². The summed E-state index contributed by atoms with van der Waals surface area (Å²) in [6.07, 6.45) is 5.38. The summed E-state index contributed by atoms with van der Waals surface area (Å²) in [4.78, 5) is 46.4. The van der Waals surface area contributed by atoms with E-state index in [1.165, 1.54) is 6.92 Å². The highest BCUT2D eigenvalue weighted by molar-refractivity contribution is 6.04. The zero-order valence-corrected chi connectivity index (χ0v) is 25.4. The molecule has 12 heteroatoms. The number of esters is 2. The third-order valence-corrected chi connectivity index (χ3v) is 6.89. The SMILES string of the molecule is CC(=O)OCc1ncc(-c2ccc3ncc4c(c3c2)n(-c2cn(C)nc2C)c(=O)n4C)cc1NCCC(=O)OC(C)(C)C. The highest BCUT2D eigenvalue weighted by Crippen LogP contribution is 2.31. The Labute approximate surface area is 248 Å². The van der Waals surface area contributed by atoms with Gasteiger partial charge in [-0.2, -0.15) is 5.10 Å². The summed E-state index contributed by atoms with van der Waals surface area (Å²) in [5.74, 6) is -0.746. The Balaban J connectivity index is 1.57. The Morgan fingerprint density at radius 3 is 2.49 bits per heavy atom. The molecule has 0 spiro atoms. The number of nitrogens with zero attached hydrogens (tertiary/aromatic N) is 6. The fourth-order valence-corrected chi connectivity index (χ4v) is 4.99. The van der Waals surface area contributed by atoms with Gasteiger partial charge >= 0.3 is 17.6 Å². The van der Waals surface area contributed by atoms with Crippen LogP contribution in [0.5, 0.6) is 0 Å². The van der Waals surface area contributed by atoms with E-state index in [0.717, 1.165) is 33.2 Å². The van der Waals surface area contributed by atoms with Crippen LogP contribution in [0.4, 0.5) is 5.69 Å². The number of carbonyl (C=O) groups is 2. The second-order valence-corrected chi connectivity index (χ2v) is 11.4. The molecule has 1 aromatic carbocycles. The van der Waals surface area contributed by atoms with Gasteiger partial charge in [0.1, 0.15) is 17.9 Å². The highest BCUT2D eigenvalue weighted by Gasteiger charge is 2.20. The van der Waals surface area contributed by atoms with Gasteiger partial charge in [0.15, 0.2) is 0 Å². The fourth-order valence-electron chi connectivity index (χ4n) is 4.99. The van der Waals surface area contributed by atoms with Crippen LogP contribution in [0, 0.1) is 6.92 Å². The number of pyridine rings is 2. The van der Waals surface area contributed by atoms with E-state index in [1.54, 1.807) is 33.3 Å². The lowest BCUT2D eigenvalue weighted by Gasteiger charge is -2.19. The van der Waals surface area contributed by atoms with Crippen molar-refractivity contribution >= 4 is 39.6 Å². The first-order chi connectivity index (χ1) is 20.3. The van der Waals surface area contributed by atoms with Crippen molar-refractivity contribution in [2.24, 2.45) is 14.1 Å². The maximum Gasteiger partial charge on any atom is 0.333 e. The zero-order valence-electron chi connectivity index (χ0n) is 25.4. The predicted molar refractivity (Wildman–Crippen MR) is 163 cm³/mol. The maximum atomic E-state index is 13.4. The fraction of sp³-hybridized carbons (Fsp3) is 0.355. The minimum Gasteiger partial charge on any atom is -0.460 e. The number of anilines is 1. The van der Waals surface area contributed by atoms with E-state index < -0.39 is 11.6 Å². The molecule has 0 unspecified atom stereocenters. The summed E-state index contributed by atoms with van der Waals surface area (Å²) in [5, 5.41) is 8.49. The smallest absolute Gasteiger partial charge is 0.333 e. The zero-order chi connectivity index (χ0) is 31.1. The number of benzene rings is 1. The van der Waals surface area contributed by atoms with Crippen LogP contribution in [0.15, 0.2) is 47.7 Å². The summed E-state index contributed by atoms with van der Waals surface area (Å²) in [7, 11) is 3.55. The van der Waals surface area contributed by atoms with Crippen LogP contribution in [-0.2, 0) is 39.8 Å². The van der Waals surface area contributed by atoms with Gasteiger partial charge < -0.3 is 14.8 Å². The van der Waals surface area contributed by atoms with Crippen molar-refractivity contribution in [1.29, 1.82) is 0 Å². The van der Waals surface area contributed by atoms with Crippen molar-refractivity contribution in [3.05, 3.63) is 64.7 Å². The Kier molecular flexibility index (Phi) is 7.78.